The molecule has 0 saturated carbocycles. The summed E-state index contributed by atoms with van der Waals surface area (Å²) in [4.78, 5) is 26.7. The van der Waals surface area contributed by atoms with Gasteiger partial charge in [0.2, 0.25) is 5.43 Å². The molecule has 0 fully saturated rings. The van der Waals surface area contributed by atoms with Crippen LogP contribution in [0.2, 0.25) is 0 Å². The molecule has 0 aliphatic heterocycles. The number of benzene rings is 2. The van der Waals surface area contributed by atoms with Gasteiger partial charge in [0.15, 0.2) is 0 Å². The van der Waals surface area contributed by atoms with Crippen LogP contribution in [0.3, 0.4) is 0 Å². The Hall–Kier alpha value is -2.88. The molecule has 1 aromatic heterocycles. The minimum Gasteiger partial charge on any atom is -0.365 e. The summed E-state index contributed by atoms with van der Waals surface area (Å²) in [6, 6.07) is 15.1. The molecule has 4 heteroatoms. The number of aromatic amines is 1. The molecule has 0 unspecified atom stereocenters. The summed E-state index contributed by atoms with van der Waals surface area (Å²) in [5.74, 6) is -0.726. The Bertz CT molecular complexity index is 851. The highest BCUT2D eigenvalue weighted by molar-refractivity contribution is 6.00. The van der Waals surface area contributed by atoms with E-state index in [1.54, 1.807) is 6.07 Å². The molecular weight excluding hydrogens is 252 g/mol. The standard InChI is InChI=1S/C16H12N2O2/c17-16(20)12-9-18-13-8-4-7-11(14(13)15(12)19)10-5-2-1-3-6-10/h1-9H,(H2,17,20)(H,18,19). The van der Waals surface area contributed by atoms with Crippen LogP contribution in [0.1, 0.15) is 10.4 Å². The van der Waals surface area contributed by atoms with Crippen molar-refractivity contribution in [1.82, 2.24) is 4.98 Å². The molecule has 0 radical (unpaired) electrons. The van der Waals surface area contributed by atoms with E-state index >= 15 is 0 Å². The first-order valence-electron chi connectivity index (χ1n) is 6.18. The SMILES string of the molecule is NC(=O)c1c[nH]c2cccc(-c3ccccc3)c2c1=O. The molecule has 2 aromatic carbocycles. The number of hydrogen-bond acceptors (Lipinski definition) is 2. The Morgan fingerprint density at radius 2 is 1.75 bits per heavy atom. The van der Waals surface area contributed by atoms with Crippen molar-refractivity contribution in [2.45, 2.75) is 0 Å². The molecule has 0 atom stereocenters. The first-order valence-corrected chi connectivity index (χ1v) is 6.18. The Labute approximate surface area is 114 Å². The molecule has 0 aliphatic carbocycles. The van der Waals surface area contributed by atoms with Crippen LogP contribution in [0.25, 0.3) is 22.0 Å². The Kier molecular flexibility index (Phi) is 2.84. The predicted molar refractivity (Wildman–Crippen MR) is 78.5 cm³/mol. The third-order valence-corrected chi connectivity index (χ3v) is 3.26. The third kappa shape index (κ3) is 1.87. The second-order valence-corrected chi connectivity index (χ2v) is 4.49. The summed E-state index contributed by atoms with van der Waals surface area (Å²) in [5.41, 5.74) is 7.25. The minimum absolute atomic E-state index is 0.0270. The maximum Gasteiger partial charge on any atom is 0.254 e. The number of amides is 1. The summed E-state index contributed by atoms with van der Waals surface area (Å²) < 4.78 is 0. The lowest BCUT2D eigenvalue weighted by atomic mass is 9.99. The number of pyridine rings is 1. The van der Waals surface area contributed by atoms with Gasteiger partial charge in [-0.05, 0) is 17.2 Å². The molecule has 1 amide bonds. The monoisotopic (exact) mass is 264 g/mol. The van der Waals surface area contributed by atoms with Gasteiger partial charge in [0.1, 0.15) is 5.56 Å². The number of nitrogens with two attached hydrogens (primary N) is 1. The van der Waals surface area contributed by atoms with Crippen molar-refractivity contribution in [3.05, 3.63) is 70.5 Å². The molecule has 3 rings (SSSR count). The van der Waals surface area contributed by atoms with Crippen molar-refractivity contribution in [2.24, 2.45) is 5.73 Å². The molecule has 3 N–H and O–H groups in total. The highest BCUT2D eigenvalue weighted by atomic mass is 16.2. The summed E-state index contributed by atoms with van der Waals surface area (Å²) >= 11 is 0. The number of carbonyl (C=O) groups excluding carboxylic acids is 1. The summed E-state index contributed by atoms with van der Waals surface area (Å²) in [7, 11) is 0. The number of fused-ring (bicyclic) bond motifs is 1. The lowest BCUT2D eigenvalue weighted by Gasteiger charge is -2.07. The van der Waals surface area contributed by atoms with E-state index < -0.39 is 5.91 Å². The Balaban J connectivity index is 2.42. The highest BCUT2D eigenvalue weighted by Gasteiger charge is 2.13. The van der Waals surface area contributed by atoms with Gasteiger partial charge in [-0.1, -0.05) is 42.5 Å². The number of rotatable bonds is 2. The molecule has 3 aromatic rings. The average molecular weight is 264 g/mol. The van der Waals surface area contributed by atoms with E-state index in [4.69, 9.17) is 5.73 Å². The van der Waals surface area contributed by atoms with E-state index in [1.807, 2.05) is 42.5 Å². The first kappa shape index (κ1) is 12.2. The van der Waals surface area contributed by atoms with Crippen molar-refractivity contribution >= 4 is 16.8 Å². The highest BCUT2D eigenvalue weighted by Crippen LogP contribution is 2.25. The summed E-state index contributed by atoms with van der Waals surface area (Å²) in [5, 5.41) is 0.481. The predicted octanol–water partition coefficient (Wildman–Crippen LogP) is 2.29. The van der Waals surface area contributed by atoms with Crippen LogP contribution in [-0.2, 0) is 0 Å². The number of hydrogen-bond donors (Lipinski definition) is 2. The fourth-order valence-electron chi connectivity index (χ4n) is 2.31. The lowest BCUT2D eigenvalue weighted by Crippen LogP contribution is -2.22. The van der Waals surface area contributed by atoms with Gasteiger partial charge >= 0.3 is 0 Å². The van der Waals surface area contributed by atoms with Crippen molar-refractivity contribution in [3.63, 3.8) is 0 Å². The van der Waals surface area contributed by atoms with Crippen molar-refractivity contribution < 1.29 is 4.79 Å². The number of carbonyl (C=O) groups is 1. The quantitative estimate of drug-likeness (QED) is 0.745. The first-order chi connectivity index (χ1) is 9.68. The van der Waals surface area contributed by atoms with Crippen LogP contribution in [0.4, 0.5) is 0 Å². The van der Waals surface area contributed by atoms with Gasteiger partial charge < -0.3 is 10.7 Å². The van der Waals surface area contributed by atoms with E-state index in [-0.39, 0.29) is 11.0 Å². The van der Waals surface area contributed by atoms with Gasteiger partial charge in [-0.3, -0.25) is 9.59 Å². The number of H-pyrrole nitrogens is 1. The number of nitrogens with one attached hydrogen (secondary N) is 1. The molecule has 98 valence electrons. The fourth-order valence-corrected chi connectivity index (χ4v) is 2.31. The van der Waals surface area contributed by atoms with Gasteiger partial charge in [-0.15, -0.1) is 0 Å². The molecular formula is C16H12N2O2. The zero-order valence-electron chi connectivity index (χ0n) is 10.6. The van der Waals surface area contributed by atoms with E-state index in [0.29, 0.717) is 10.9 Å². The molecule has 20 heavy (non-hydrogen) atoms. The third-order valence-electron chi connectivity index (χ3n) is 3.26. The molecule has 0 saturated heterocycles. The largest absolute Gasteiger partial charge is 0.365 e. The van der Waals surface area contributed by atoms with E-state index in [2.05, 4.69) is 4.98 Å². The van der Waals surface area contributed by atoms with Crippen LogP contribution < -0.4 is 11.2 Å². The van der Waals surface area contributed by atoms with Gasteiger partial charge in [-0.25, -0.2) is 0 Å². The van der Waals surface area contributed by atoms with Crippen LogP contribution in [0.5, 0.6) is 0 Å². The second-order valence-electron chi connectivity index (χ2n) is 4.49. The fraction of sp³-hybridized carbons (Fsp3) is 0. The maximum atomic E-state index is 12.4. The second kappa shape index (κ2) is 4.66. The summed E-state index contributed by atoms with van der Waals surface area (Å²) in [6.45, 7) is 0. The number of aromatic nitrogens is 1. The van der Waals surface area contributed by atoms with Gasteiger partial charge in [0.05, 0.1) is 5.39 Å². The van der Waals surface area contributed by atoms with Gasteiger partial charge in [-0.2, -0.15) is 0 Å². The zero-order chi connectivity index (χ0) is 14.1. The molecule has 1 heterocycles. The van der Waals surface area contributed by atoms with Crippen LogP contribution >= 0.6 is 0 Å². The van der Waals surface area contributed by atoms with Crippen molar-refractivity contribution in [3.8, 4) is 11.1 Å². The minimum atomic E-state index is -0.726. The van der Waals surface area contributed by atoms with E-state index in [0.717, 1.165) is 11.1 Å². The molecule has 0 spiro atoms. The zero-order valence-corrected chi connectivity index (χ0v) is 10.6. The van der Waals surface area contributed by atoms with Crippen LogP contribution in [0.15, 0.2) is 59.5 Å². The van der Waals surface area contributed by atoms with Crippen LogP contribution in [-0.4, -0.2) is 10.9 Å². The van der Waals surface area contributed by atoms with E-state index in [9.17, 15) is 9.59 Å². The van der Waals surface area contributed by atoms with Crippen LogP contribution in [0, 0.1) is 0 Å². The molecule has 0 bridgehead atoms. The lowest BCUT2D eigenvalue weighted by molar-refractivity contribution is 0.0999. The normalized spacial score (nSPS) is 10.6. The topological polar surface area (TPSA) is 76.0 Å². The smallest absolute Gasteiger partial charge is 0.254 e. The number of primary amides is 1. The van der Waals surface area contributed by atoms with Gasteiger partial charge in [0, 0.05) is 11.7 Å². The van der Waals surface area contributed by atoms with Crippen molar-refractivity contribution in [2.75, 3.05) is 0 Å². The van der Waals surface area contributed by atoms with Gasteiger partial charge in [0.25, 0.3) is 5.91 Å². The molecule has 0 aliphatic rings. The van der Waals surface area contributed by atoms with Crippen molar-refractivity contribution in [1.29, 1.82) is 0 Å². The average Bonchev–Trinajstić information content (AvgIpc) is 2.47. The maximum absolute atomic E-state index is 12.4. The molecule has 4 nitrogen and oxygen atoms in total. The Morgan fingerprint density at radius 1 is 1.00 bits per heavy atom. The summed E-state index contributed by atoms with van der Waals surface area (Å²) in [6.07, 6.45) is 1.36. The Morgan fingerprint density at radius 3 is 2.45 bits per heavy atom. The van der Waals surface area contributed by atoms with E-state index in [1.165, 1.54) is 6.20 Å².